The van der Waals surface area contributed by atoms with E-state index >= 15 is 0 Å². The minimum absolute atomic E-state index is 1.28. The van der Waals surface area contributed by atoms with Crippen molar-refractivity contribution in [2.45, 2.75) is 0 Å². The summed E-state index contributed by atoms with van der Waals surface area (Å²) in [4.78, 5) is 0. The Morgan fingerprint density at radius 2 is 0.909 bits per heavy atom. The van der Waals surface area contributed by atoms with Crippen molar-refractivity contribution in [2.75, 3.05) is 0 Å². The van der Waals surface area contributed by atoms with Gasteiger partial charge in [0.1, 0.15) is 0 Å². The van der Waals surface area contributed by atoms with Gasteiger partial charge in [-0.25, -0.2) is 0 Å². The number of rotatable bonds is 0. The van der Waals surface area contributed by atoms with E-state index in [2.05, 4.69) is 98.4 Å². The van der Waals surface area contributed by atoms with Crippen LogP contribution >= 0.6 is 22.9 Å². The number of hydrogen-bond acceptors (Lipinski definition) is 0. The van der Waals surface area contributed by atoms with E-state index in [1.54, 1.807) is 0 Å². The predicted molar refractivity (Wildman–Crippen MR) is 104 cm³/mol. The van der Waals surface area contributed by atoms with Gasteiger partial charge in [-0.3, -0.25) is 2.78 Å². The van der Waals surface area contributed by atoms with Crippen LogP contribution in [0.1, 0.15) is 0 Å². The molecule has 22 heavy (non-hydrogen) atoms. The summed E-state index contributed by atoms with van der Waals surface area (Å²) in [5, 5.41) is 7.84. The summed E-state index contributed by atoms with van der Waals surface area (Å²) in [7, 11) is 0. The number of halogens is 1. The molecule has 0 N–H and O–H groups in total. The van der Waals surface area contributed by atoms with Crippen LogP contribution in [0.5, 0.6) is 0 Å². The molecule has 0 fully saturated rings. The van der Waals surface area contributed by atoms with Crippen LogP contribution in [0, 0.1) is 0 Å². The van der Waals surface area contributed by atoms with Crippen molar-refractivity contribution in [3.8, 4) is 0 Å². The van der Waals surface area contributed by atoms with Gasteiger partial charge >= 0.3 is 0 Å². The van der Waals surface area contributed by atoms with Gasteiger partial charge in [0, 0.05) is 10.8 Å². The summed E-state index contributed by atoms with van der Waals surface area (Å²) in [5.41, 5.74) is 2.56. The maximum Gasteiger partial charge on any atom is 0.0646 e. The van der Waals surface area contributed by atoms with E-state index in [1.807, 2.05) is 0 Å². The molecule has 4 aromatic carbocycles. The lowest BCUT2D eigenvalue weighted by Crippen LogP contribution is -1.79. The summed E-state index contributed by atoms with van der Waals surface area (Å²) < 4.78 is 2.28. The van der Waals surface area contributed by atoms with Crippen molar-refractivity contribution in [2.24, 2.45) is 0 Å². The molecule has 1 nitrogen and oxygen atoms in total. The topological polar surface area (TPSA) is 4.93 Å². The third-order valence-corrected chi connectivity index (χ3v) is 5.48. The number of benzene rings is 4. The third-order valence-electron chi connectivity index (χ3n) is 4.44. The predicted octanol–water partition coefficient (Wildman–Crippen LogP) is 6.30. The van der Waals surface area contributed by atoms with Crippen LogP contribution in [0.3, 0.4) is 0 Å². The van der Waals surface area contributed by atoms with Gasteiger partial charge in [0.05, 0.1) is 33.9 Å². The molecule has 0 amide bonds. The molecule has 1 heterocycles. The fraction of sp³-hybridized carbons (Fsp3) is 0. The molecule has 2 heteroatoms. The lowest BCUT2D eigenvalue weighted by atomic mass is 10.0. The Kier molecular flexibility index (Phi) is 2.53. The third kappa shape index (κ3) is 1.64. The Bertz CT molecular complexity index is 1090. The maximum absolute atomic E-state index is 2.41. The van der Waals surface area contributed by atoms with Crippen LogP contribution < -0.4 is 0 Å². The molecule has 104 valence electrons. The van der Waals surface area contributed by atoms with Crippen molar-refractivity contribution in [1.29, 1.82) is 0 Å². The summed E-state index contributed by atoms with van der Waals surface area (Å²) in [5.74, 6) is 0. The van der Waals surface area contributed by atoms with Gasteiger partial charge in [-0.05, 0) is 45.8 Å². The Labute approximate surface area is 141 Å². The maximum atomic E-state index is 2.41. The van der Waals surface area contributed by atoms with Crippen LogP contribution in [-0.2, 0) is 0 Å². The molecule has 5 aromatic rings. The average Bonchev–Trinajstić information content (AvgIpc) is 2.83. The zero-order chi connectivity index (χ0) is 14.7. The van der Waals surface area contributed by atoms with Crippen LogP contribution in [0.4, 0.5) is 0 Å². The molecule has 0 saturated carbocycles. The highest BCUT2D eigenvalue weighted by Gasteiger charge is 2.11. The van der Waals surface area contributed by atoms with Crippen molar-refractivity contribution >= 4 is 66.2 Å². The lowest BCUT2D eigenvalue weighted by Gasteiger charge is -1.99. The second-order valence-corrected chi connectivity index (χ2v) is 6.68. The van der Waals surface area contributed by atoms with E-state index < -0.39 is 0 Å². The molecule has 0 aliphatic carbocycles. The molecule has 0 saturated heterocycles. The quantitative estimate of drug-likeness (QED) is 0.272. The molecule has 0 aliphatic heterocycles. The number of fused-ring (bicyclic) bond motifs is 5. The second kappa shape index (κ2) is 4.46. The standard InChI is InChI=1S/C20H12IN/c21-22-19-11-15-7-3-1-5-13(15)9-17(19)18-10-14-6-2-4-8-16(14)12-20(18)22/h1-12H. The molecule has 0 radical (unpaired) electrons. The fourth-order valence-electron chi connectivity index (χ4n) is 3.34. The van der Waals surface area contributed by atoms with E-state index in [0.29, 0.717) is 0 Å². The average molecular weight is 393 g/mol. The number of nitrogens with zero attached hydrogens (tertiary/aromatic N) is 1. The van der Waals surface area contributed by atoms with Crippen molar-refractivity contribution in [3.63, 3.8) is 0 Å². The molecule has 0 unspecified atom stereocenters. The highest BCUT2D eigenvalue weighted by Crippen LogP contribution is 2.35. The normalized spacial score (nSPS) is 11.9. The SMILES string of the molecule is In1c2cc3ccccc3cc2c2cc3ccccc3cc21. The van der Waals surface area contributed by atoms with E-state index in [9.17, 15) is 0 Å². The van der Waals surface area contributed by atoms with Gasteiger partial charge < -0.3 is 0 Å². The minimum atomic E-state index is 1.28. The first-order valence-corrected chi connectivity index (χ1v) is 8.30. The Balaban J connectivity index is 2.05. The van der Waals surface area contributed by atoms with Gasteiger partial charge in [-0.2, -0.15) is 0 Å². The summed E-state index contributed by atoms with van der Waals surface area (Å²) in [6.45, 7) is 0. The van der Waals surface area contributed by atoms with E-state index in [-0.39, 0.29) is 0 Å². The second-order valence-electron chi connectivity index (χ2n) is 5.71. The molecule has 0 atom stereocenters. The zero-order valence-corrected chi connectivity index (χ0v) is 13.9. The summed E-state index contributed by atoms with van der Waals surface area (Å²) in [6.07, 6.45) is 0. The smallest absolute Gasteiger partial charge is 0.0646 e. The highest BCUT2D eigenvalue weighted by molar-refractivity contribution is 14.1. The highest BCUT2D eigenvalue weighted by atomic mass is 127. The fourth-order valence-corrected chi connectivity index (χ4v) is 4.14. The first-order valence-electron chi connectivity index (χ1n) is 7.33. The van der Waals surface area contributed by atoms with Crippen LogP contribution in [0.25, 0.3) is 43.4 Å². The van der Waals surface area contributed by atoms with Crippen LogP contribution in [-0.4, -0.2) is 2.78 Å². The van der Waals surface area contributed by atoms with Gasteiger partial charge in [0.25, 0.3) is 0 Å². The summed E-state index contributed by atoms with van der Waals surface area (Å²) >= 11 is 2.41. The van der Waals surface area contributed by atoms with E-state index in [1.165, 1.54) is 43.4 Å². The van der Waals surface area contributed by atoms with E-state index in [0.717, 1.165) is 0 Å². The molecule has 0 aliphatic rings. The Hall–Kier alpha value is -2.07. The molecular weight excluding hydrogens is 381 g/mol. The molecule has 0 bridgehead atoms. The van der Waals surface area contributed by atoms with Gasteiger partial charge in [0.15, 0.2) is 0 Å². The van der Waals surface area contributed by atoms with Gasteiger partial charge in [0.2, 0.25) is 0 Å². The van der Waals surface area contributed by atoms with Gasteiger partial charge in [-0.1, -0.05) is 48.5 Å². The largest absolute Gasteiger partial charge is 0.282 e. The molecule has 5 rings (SSSR count). The minimum Gasteiger partial charge on any atom is -0.282 e. The number of hydrogen-bond donors (Lipinski definition) is 0. The Morgan fingerprint density at radius 1 is 0.545 bits per heavy atom. The lowest BCUT2D eigenvalue weighted by molar-refractivity contribution is 1.51. The first-order chi connectivity index (χ1) is 10.8. The van der Waals surface area contributed by atoms with Crippen molar-refractivity contribution < 1.29 is 0 Å². The zero-order valence-electron chi connectivity index (χ0n) is 11.8. The molecule has 0 spiro atoms. The Morgan fingerprint density at radius 3 is 1.32 bits per heavy atom. The first kappa shape index (κ1) is 12.5. The molecular formula is C20H12IN. The summed E-state index contributed by atoms with van der Waals surface area (Å²) in [6, 6.07) is 26.4. The number of aromatic nitrogens is 1. The van der Waals surface area contributed by atoms with Crippen molar-refractivity contribution in [1.82, 2.24) is 2.78 Å². The van der Waals surface area contributed by atoms with Crippen LogP contribution in [0.15, 0.2) is 72.8 Å². The van der Waals surface area contributed by atoms with Gasteiger partial charge in [-0.15, -0.1) is 0 Å². The van der Waals surface area contributed by atoms with E-state index in [4.69, 9.17) is 0 Å². The monoisotopic (exact) mass is 393 g/mol. The van der Waals surface area contributed by atoms with Crippen LogP contribution in [0.2, 0.25) is 0 Å². The van der Waals surface area contributed by atoms with Crippen molar-refractivity contribution in [3.05, 3.63) is 72.8 Å². The molecule has 1 aromatic heterocycles.